The number of H-pyrrole nitrogens is 1. The van der Waals surface area contributed by atoms with E-state index in [4.69, 9.17) is 5.11 Å². The van der Waals surface area contributed by atoms with Gasteiger partial charge in [0.2, 0.25) is 5.91 Å². The van der Waals surface area contributed by atoms with Crippen LogP contribution in [0.4, 0.5) is 0 Å². The average Bonchev–Trinajstić information content (AvgIpc) is 2.75. The molecule has 0 fully saturated rings. The lowest BCUT2D eigenvalue weighted by Crippen LogP contribution is -2.33. The van der Waals surface area contributed by atoms with Gasteiger partial charge in [-0.1, -0.05) is 25.1 Å². The number of para-hydroxylation sites is 1. The second-order valence-corrected chi connectivity index (χ2v) is 5.20. The van der Waals surface area contributed by atoms with Crippen molar-refractivity contribution in [2.45, 2.75) is 26.7 Å². The van der Waals surface area contributed by atoms with Crippen LogP contribution in [0.25, 0.3) is 10.9 Å². The number of carboxylic acid groups (broad SMARTS) is 1. The summed E-state index contributed by atoms with van der Waals surface area (Å²) >= 11 is 0. The van der Waals surface area contributed by atoms with E-state index in [1.54, 1.807) is 6.92 Å². The van der Waals surface area contributed by atoms with Crippen molar-refractivity contribution >= 4 is 22.8 Å². The van der Waals surface area contributed by atoms with Crippen LogP contribution in [0, 0.1) is 12.8 Å². The number of aryl methyl sites for hydroxylation is 1. The summed E-state index contributed by atoms with van der Waals surface area (Å²) in [5.41, 5.74) is 2.94. The summed E-state index contributed by atoms with van der Waals surface area (Å²) in [7, 11) is 0. The number of aromatic amines is 1. The molecule has 0 saturated carbocycles. The SMILES string of the molecule is CCC(CNC(=O)Cc1c(C)[nH]c2ccccc12)C(=O)O. The molecule has 5 nitrogen and oxygen atoms in total. The molecule has 0 aliphatic rings. The predicted molar refractivity (Wildman–Crippen MR) is 81.2 cm³/mol. The molecule has 0 bridgehead atoms. The van der Waals surface area contributed by atoms with Crippen LogP contribution in [-0.2, 0) is 16.0 Å². The fourth-order valence-corrected chi connectivity index (χ4v) is 2.43. The minimum atomic E-state index is -0.874. The molecule has 1 aromatic heterocycles. The van der Waals surface area contributed by atoms with Gasteiger partial charge in [-0.15, -0.1) is 0 Å². The van der Waals surface area contributed by atoms with Crippen molar-refractivity contribution in [2.75, 3.05) is 6.54 Å². The minimum Gasteiger partial charge on any atom is -0.481 e. The first-order valence-corrected chi connectivity index (χ1v) is 7.08. The number of hydrogen-bond acceptors (Lipinski definition) is 2. The van der Waals surface area contributed by atoms with E-state index in [0.717, 1.165) is 22.2 Å². The lowest BCUT2D eigenvalue weighted by Gasteiger charge is -2.11. The molecule has 21 heavy (non-hydrogen) atoms. The van der Waals surface area contributed by atoms with Crippen LogP contribution >= 0.6 is 0 Å². The highest BCUT2D eigenvalue weighted by Crippen LogP contribution is 2.22. The Morgan fingerprint density at radius 2 is 2.05 bits per heavy atom. The maximum atomic E-state index is 12.0. The molecule has 0 aliphatic heterocycles. The van der Waals surface area contributed by atoms with Crippen LogP contribution in [-0.4, -0.2) is 28.5 Å². The molecular formula is C16H20N2O3. The molecule has 1 aromatic carbocycles. The normalized spacial score (nSPS) is 12.3. The van der Waals surface area contributed by atoms with E-state index >= 15 is 0 Å². The van der Waals surface area contributed by atoms with Crippen LogP contribution in [0.15, 0.2) is 24.3 Å². The molecule has 112 valence electrons. The molecule has 0 spiro atoms. The highest BCUT2D eigenvalue weighted by molar-refractivity contribution is 5.90. The van der Waals surface area contributed by atoms with E-state index in [-0.39, 0.29) is 18.9 Å². The summed E-state index contributed by atoms with van der Waals surface area (Å²) in [6.45, 7) is 3.91. The van der Waals surface area contributed by atoms with Crippen LogP contribution in [0.3, 0.4) is 0 Å². The Morgan fingerprint density at radius 1 is 1.33 bits per heavy atom. The lowest BCUT2D eigenvalue weighted by molar-refractivity contribution is -0.141. The number of carbonyl (C=O) groups is 2. The first-order valence-electron chi connectivity index (χ1n) is 7.08. The standard InChI is InChI=1S/C16H20N2O3/c1-3-11(16(20)21)9-17-15(19)8-13-10(2)18-14-7-5-4-6-12(13)14/h4-7,11,18H,3,8-9H2,1-2H3,(H,17,19)(H,20,21). The van der Waals surface area contributed by atoms with E-state index in [9.17, 15) is 9.59 Å². The maximum Gasteiger partial charge on any atom is 0.308 e. The fraction of sp³-hybridized carbons (Fsp3) is 0.375. The van der Waals surface area contributed by atoms with Crippen molar-refractivity contribution in [1.29, 1.82) is 0 Å². The Balaban J connectivity index is 2.05. The van der Waals surface area contributed by atoms with Crippen molar-refractivity contribution in [3.05, 3.63) is 35.5 Å². The van der Waals surface area contributed by atoms with Gasteiger partial charge in [-0.3, -0.25) is 9.59 Å². The summed E-state index contributed by atoms with van der Waals surface area (Å²) in [5.74, 6) is -1.55. The topological polar surface area (TPSA) is 82.2 Å². The summed E-state index contributed by atoms with van der Waals surface area (Å²) < 4.78 is 0. The predicted octanol–water partition coefficient (Wildman–Crippen LogP) is 2.25. The summed E-state index contributed by atoms with van der Waals surface area (Å²) in [6, 6.07) is 7.84. The number of rotatable bonds is 6. The molecule has 1 amide bonds. The van der Waals surface area contributed by atoms with Gasteiger partial charge in [0.25, 0.3) is 0 Å². The average molecular weight is 288 g/mol. The number of amides is 1. The molecular weight excluding hydrogens is 268 g/mol. The molecule has 0 saturated heterocycles. The second kappa shape index (κ2) is 6.43. The number of hydrogen-bond donors (Lipinski definition) is 3. The lowest BCUT2D eigenvalue weighted by atomic mass is 10.1. The highest BCUT2D eigenvalue weighted by Gasteiger charge is 2.17. The Labute approximate surface area is 123 Å². The first-order chi connectivity index (χ1) is 10.0. The zero-order valence-corrected chi connectivity index (χ0v) is 12.3. The molecule has 3 N–H and O–H groups in total. The summed E-state index contributed by atoms with van der Waals surface area (Å²) in [6.07, 6.45) is 0.758. The minimum absolute atomic E-state index is 0.150. The summed E-state index contributed by atoms with van der Waals surface area (Å²) in [5, 5.41) is 12.7. The first kappa shape index (κ1) is 15.1. The maximum absolute atomic E-state index is 12.0. The Hall–Kier alpha value is -2.30. The quantitative estimate of drug-likeness (QED) is 0.762. The van der Waals surface area contributed by atoms with Gasteiger partial charge >= 0.3 is 5.97 Å². The van der Waals surface area contributed by atoms with Gasteiger partial charge in [0.05, 0.1) is 12.3 Å². The van der Waals surface area contributed by atoms with Crippen molar-refractivity contribution in [3.8, 4) is 0 Å². The largest absolute Gasteiger partial charge is 0.481 e. The molecule has 1 unspecified atom stereocenters. The van der Waals surface area contributed by atoms with E-state index in [2.05, 4.69) is 10.3 Å². The van der Waals surface area contributed by atoms with Crippen molar-refractivity contribution in [2.24, 2.45) is 5.92 Å². The number of benzene rings is 1. The number of aromatic nitrogens is 1. The number of carboxylic acids is 1. The molecule has 1 heterocycles. The van der Waals surface area contributed by atoms with Crippen LogP contribution in [0.5, 0.6) is 0 Å². The number of carbonyl (C=O) groups excluding carboxylic acids is 1. The number of fused-ring (bicyclic) bond motifs is 1. The summed E-state index contributed by atoms with van der Waals surface area (Å²) in [4.78, 5) is 26.2. The molecule has 2 aromatic rings. The zero-order chi connectivity index (χ0) is 15.4. The van der Waals surface area contributed by atoms with Gasteiger partial charge in [0, 0.05) is 23.1 Å². The number of nitrogens with one attached hydrogen (secondary N) is 2. The Kier molecular flexibility index (Phi) is 4.62. The van der Waals surface area contributed by atoms with Gasteiger partial charge in [0.15, 0.2) is 0 Å². The third-order valence-electron chi connectivity index (χ3n) is 3.75. The van der Waals surface area contributed by atoms with E-state index < -0.39 is 11.9 Å². The zero-order valence-electron chi connectivity index (χ0n) is 12.3. The van der Waals surface area contributed by atoms with Gasteiger partial charge < -0.3 is 15.4 Å². The van der Waals surface area contributed by atoms with Gasteiger partial charge in [0.1, 0.15) is 0 Å². The van der Waals surface area contributed by atoms with Gasteiger partial charge in [-0.2, -0.15) is 0 Å². The smallest absolute Gasteiger partial charge is 0.308 e. The van der Waals surface area contributed by atoms with Crippen molar-refractivity contribution < 1.29 is 14.7 Å². The Bertz CT molecular complexity index is 661. The third kappa shape index (κ3) is 3.42. The number of aliphatic carboxylic acids is 1. The van der Waals surface area contributed by atoms with Crippen LogP contribution in [0.2, 0.25) is 0 Å². The van der Waals surface area contributed by atoms with E-state index in [0.29, 0.717) is 6.42 Å². The molecule has 5 heteroatoms. The molecule has 2 rings (SSSR count). The monoisotopic (exact) mass is 288 g/mol. The molecule has 0 radical (unpaired) electrons. The van der Waals surface area contributed by atoms with Crippen molar-refractivity contribution in [3.63, 3.8) is 0 Å². The second-order valence-electron chi connectivity index (χ2n) is 5.20. The van der Waals surface area contributed by atoms with Gasteiger partial charge in [-0.25, -0.2) is 0 Å². The third-order valence-corrected chi connectivity index (χ3v) is 3.75. The van der Waals surface area contributed by atoms with E-state index in [1.165, 1.54) is 0 Å². The highest BCUT2D eigenvalue weighted by atomic mass is 16.4. The fourth-order valence-electron chi connectivity index (χ4n) is 2.43. The van der Waals surface area contributed by atoms with Crippen LogP contribution in [0.1, 0.15) is 24.6 Å². The van der Waals surface area contributed by atoms with Crippen LogP contribution < -0.4 is 5.32 Å². The van der Waals surface area contributed by atoms with Gasteiger partial charge in [-0.05, 0) is 25.0 Å². The Morgan fingerprint density at radius 3 is 2.71 bits per heavy atom. The van der Waals surface area contributed by atoms with E-state index in [1.807, 2.05) is 31.2 Å². The van der Waals surface area contributed by atoms with Crippen molar-refractivity contribution in [1.82, 2.24) is 10.3 Å². The molecule has 0 aliphatic carbocycles. The molecule has 1 atom stereocenters.